The van der Waals surface area contributed by atoms with Gasteiger partial charge in [0, 0.05) is 30.9 Å². The monoisotopic (exact) mass is 278 g/mol. The van der Waals surface area contributed by atoms with E-state index in [1.807, 2.05) is 19.1 Å². The number of aromatic nitrogens is 1. The van der Waals surface area contributed by atoms with Gasteiger partial charge in [-0.2, -0.15) is 0 Å². The zero-order valence-corrected chi connectivity index (χ0v) is 12.4. The van der Waals surface area contributed by atoms with Crippen LogP contribution in [-0.2, 0) is 16.1 Å². The lowest BCUT2D eigenvalue weighted by atomic mass is 9.98. The van der Waals surface area contributed by atoms with Crippen molar-refractivity contribution in [2.24, 2.45) is 5.92 Å². The standard InChI is InChI=1S/C15H22N2O3/c1-11-7-14(19-2)8-13(16-11)10-17-6-4-5-12(9-17)15(18)20-3/h7-8,12H,4-6,9-10H2,1-3H3. The third-order valence-corrected chi connectivity index (χ3v) is 3.64. The van der Waals surface area contributed by atoms with E-state index in [4.69, 9.17) is 9.47 Å². The molecule has 0 N–H and O–H groups in total. The molecule has 1 unspecified atom stereocenters. The number of hydrogen-bond donors (Lipinski definition) is 0. The van der Waals surface area contributed by atoms with Crippen LogP contribution in [0.3, 0.4) is 0 Å². The van der Waals surface area contributed by atoms with Crippen LogP contribution < -0.4 is 4.74 Å². The average Bonchev–Trinajstić information content (AvgIpc) is 2.46. The third-order valence-electron chi connectivity index (χ3n) is 3.64. The van der Waals surface area contributed by atoms with Crippen molar-refractivity contribution in [2.75, 3.05) is 27.3 Å². The Bertz CT molecular complexity index is 476. The Morgan fingerprint density at radius 2 is 2.25 bits per heavy atom. The van der Waals surface area contributed by atoms with E-state index >= 15 is 0 Å². The van der Waals surface area contributed by atoms with E-state index in [0.29, 0.717) is 0 Å². The molecule has 5 heteroatoms. The number of carbonyl (C=O) groups excluding carboxylic acids is 1. The van der Waals surface area contributed by atoms with Gasteiger partial charge in [-0.3, -0.25) is 14.7 Å². The summed E-state index contributed by atoms with van der Waals surface area (Å²) in [5.41, 5.74) is 1.92. The molecule has 1 saturated heterocycles. The van der Waals surface area contributed by atoms with Gasteiger partial charge in [0.15, 0.2) is 0 Å². The Balaban J connectivity index is 2.02. The van der Waals surface area contributed by atoms with E-state index in [0.717, 1.165) is 49.6 Å². The number of hydrogen-bond acceptors (Lipinski definition) is 5. The molecule has 110 valence electrons. The molecular weight excluding hydrogens is 256 g/mol. The largest absolute Gasteiger partial charge is 0.497 e. The number of pyridine rings is 1. The van der Waals surface area contributed by atoms with Crippen molar-refractivity contribution in [1.82, 2.24) is 9.88 Å². The van der Waals surface area contributed by atoms with E-state index in [1.165, 1.54) is 7.11 Å². The van der Waals surface area contributed by atoms with Crippen molar-refractivity contribution in [2.45, 2.75) is 26.3 Å². The van der Waals surface area contributed by atoms with Crippen LogP contribution in [0.4, 0.5) is 0 Å². The van der Waals surface area contributed by atoms with Gasteiger partial charge in [0.2, 0.25) is 0 Å². The Hall–Kier alpha value is -1.62. The number of piperidine rings is 1. The molecule has 1 atom stereocenters. The molecule has 0 aromatic carbocycles. The van der Waals surface area contributed by atoms with Gasteiger partial charge < -0.3 is 9.47 Å². The fourth-order valence-electron chi connectivity index (χ4n) is 2.69. The highest BCUT2D eigenvalue weighted by molar-refractivity contribution is 5.72. The normalized spacial score (nSPS) is 19.6. The first-order valence-corrected chi connectivity index (χ1v) is 6.94. The van der Waals surface area contributed by atoms with Gasteiger partial charge in [0.25, 0.3) is 0 Å². The number of esters is 1. The summed E-state index contributed by atoms with van der Waals surface area (Å²) in [5, 5.41) is 0. The van der Waals surface area contributed by atoms with Crippen molar-refractivity contribution in [3.05, 3.63) is 23.5 Å². The average molecular weight is 278 g/mol. The second kappa shape index (κ2) is 6.70. The van der Waals surface area contributed by atoms with Crippen LogP contribution >= 0.6 is 0 Å². The summed E-state index contributed by atoms with van der Waals surface area (Å²) in [6.45, 7) is 4.43. The third kappa shape index (κ3) is 3.70. The van der Waals surface area contributed by atoms with E-state index < -0.39 is 0 Å². The minimum Gasteiger partial charge on any atom is -0.497 e. The molecule has 5 nitrogen and oxygen atoms in total. The van der Waals surface area contributed by atoms with Gasteiger partial charge in [-0.05, 0) is 26.3 Å². The van der Waals surface area contributed by atoms with Crippen molar-refractivity contribution < 1.29 is 14.3 Å². The van der Waals surface area contributed by atoms with E-state index in [-0.39, 0.29) is 11.9 Å². The maximum absolute atomic E-state index is 11.6. The first-order valence-electron chi connectivity index (χ1n) is 6.94. The number of nitrogens with zero attached hydrogens (tertiary/aromatic N) is 2. The molecule has 0 bridgehead atoms. The van der Waals surface area contributed by atoms with Crippen LogP contribution in [-0.4, -0.2) is 43.2 Å². The molecule has 2 heterocycles. The number of likely N-dealkylation sites (tertiary alicyclic amines) is 1. The van der Waals surface area contributed by atoms with Crippen LogP contribution in [0.1, 0.15) is 24.2 Å². The Labute approximate surface area is 119 Å². The molecule has 1 fully saturated rings. The van der Waals surface area contributed by atoms with Gasteiger partial charge in [0.1, 0.15) is 5.75 Å². The van der Waals surface area contributed by atoms with Crippen LogP contribution in [0.15, 0.2) is 12.1 Å². The summed E-state index contributed by atoms with van der Waals surface area (Å²) < 4.78 is 10.1. The van der Waals surface area contributed by atoms with Gasteiger partial charge in [-0.25, -0.2) is 0 Å². The van der Waals surface area contributed by atoms with Crippen molar-refractivity contribution in [3.8, 4) is 5.75 Å². The molecule has 0 aliphatic carbocycles. The smallest absolute Gasteiger partial charge is 0.309 e. The Morgan fingerprint density at radius 1 is 1.45 bits per heavy atom. The number of aryl methyl sites for hydroxylation is 1. The molecule has 1 aliphatic heterocycles. The van der Waals surface area contributed by atoms with Gasteiger partial charge in [0.05, 0.1) is 25.8 Å². The fourth-order valence-corrected chi connectivity index (χ4v) is 2.69. The van der Waals surface area contributed by atoms with Crippen LogP contribution in [0, 0.1) is 12.8 Å². The first kappa shape index (κ1) is 14.8. The zero-order chi connectivity index (χ0) is 14.5. The summed E-state index contributed by atoms with van der Waals surface area (Å²) in [5.74, 6) is 0.707. The number of methoxy groups -OCH3 is 2. The number of ether oxygens (including phenoxy) is 2. The minimum absolute atomic E-state index is 0.0135. The quantitative estimate of drug-likeness (QED) is 0.786. The van der Waals surface area contributed by atoms with E-state index in [2.05, 4.69) is 9.88 Å². The Morgan fingerprint density at radius 3 is 2.95 bits per heavy atom. The second-order valence-corrected chi connectivity index (χ2v) is 5.24. The topological polar surface area (TPSA) is 51.7 Å². The van der Waals surface area contributed by atoms with Crippen LogP contribution in [0.5, 0.6) is 5.75 Å². The van der Waals surface area contributed by atoms with E-state index in [1.54, 1.807) is 7.11 Å². The molecule has 2 rings (SSSR count). The van der Waals surface area contributed by atoms with Gasteiger partial charge >= 0.3 is 5.97 Å². The summed E-state index contributed by atoms with van der Waals surface area (Å²) in [4.78, 5) is 18.4. The highest BCUT2D eigenvalue weighted by Gasteiger charge is 2.26. The minimum atomic E-state index is -0.107. The molecular formula is C15H22N2O3. The molecule has 1 aliphatic rings. The van der Waals surface area contributed by atoms with Crippen molar-refractivity contribution in [1.29, 1.82) is 0 Å². The molecule has 0 amide bonds. The highest BCUT2D eigenvalue weighted by Crippen LogP contribution is 2.21. The molecule has 0 saturated carbocycles. The predicted octanol–water partition coefficient (Wildman–Crippen LogP) is 1.78. The summed E-state index contributed by atoms with van der Waals surface area (Å²) in [6.07, 6.45) is 1.93. The SMILES string of the molecule is COC(=O)C1CCCN(Cc2cc(OC)cc(C)n2)C1. The lowest BCUT2D eigenvalue weighted by Gasteiger charge is -2.31. The predicted molar refractivity (Wildman–Crippen MR) is 75.5 cm³/mol. The van der Waals surface area contributed by atoms with Gasteiger partial charge in [-0.15, -0.1) is 0 Å². The maximum Gasteiger partial charge on any atom is 0.309 e. The molecule has 0 radical (unpaired) electrons. The second-order valence-electron chi connectivity index (χ2n) is 5.24. The zero-order valence-electron chi connectivity index (χ0n) is 12.4. The fraction of sp³-hybridized carbons (Fsp3) is 0.600. The lowest BCUT2D eigenvalue weighted by Crippen LogP contribution is -2.38. The highest BCUT2D eigenvalue weighted by atomic mass is 16.5. The van der Waals surface area contributed by atoms with Crippen molar-refractivity contribution >= 4 is 5.97 Å². The lowest BCUT2D eigenvalue weighted by molar-refractivity contribution is -0.147. The Kier molecular flexibility index (Phi) is 4.95. The van der Waals surface area contributed by atoms with Gasteiger partial charge in [-0.1, -0.05) is 0 Å². The molecule has 1 aromatic rings. The van der Waals surface area contributed by atoms with E-state index in [9.17, 15) is 4.79 Å². The summed E-state index contributed by atoms with van der Waals surface area (Å²) in [6, 6.07) is 3.87. The summed E-state index contributed by atoms with van der Waals surface area (Å²) >= 11 is 0. The first-order chi connectivity index (χ1) is 9.62. The van der Waals surface area contributed by atoms with Crippen LogP contribution in [0.2, 0.25) is 0 Å². The van der Waals surface area contributed by atoms with Crippen molar-refractivity contribution in [3.63, 3.8) is 0 Å². The molecule has 1 aromatic heterocycles. The molecule has 0 spiro atoms. The molecule has 20 heavy (non-hydrogen) atoms. The number of carbonyl (C=O) groups is 1. The number of rotatable bonds is 4. The maximum atomic E-state index is 11.6. The summed E-state index contributed by atoms with van der Waals surface area (Å²) in [7, 11) is 3.11. The van der Waals surface area contributed by atoms with Crippen LogP contribution in [0.25, 0.3) is 0 Å².